The zero-order valence-corrected chi connectivity index (χ0v) is 27.6. The summed E-state index contributed by atoms with van der Waals surface area (Å²) in [6, 6.07) is 26.6. The van der Waals surface area contributed by atoms with Gasteiger partial charge in [-0.3, -0.25) is 9.59 Å². The zero-order chi connectivity index (χ0) is 34.0. The second kappa shape index (κ2) is 19.9. The van der Waals surface area contributed by atoms with Crippen LogP contribution in [0.4, 0.5) is 4.79 Å². The third-order valence-corrected chi connectivity index (χ3v) is 8.84. The molecule has 254 valence electrons. The van der Waals surface area contributed by atoms with Gasteiger partial charge in [-0.15, -0.1) is 0 Å². The van der Waals surface area contributed by atoms with Crippen LogP contribution in [0.3, 0.4) is 0 Å². The molecule has 3 aromatic carbocycles. The summed E-state index contributed by atoms with van der Waals surface area (Å²) in [5, 5.41) is 18.4. The van der Waals surface area contributed by atoms with Gasteiger partial charge in [-0.1, -0.05) is 103 Å². The smallest absolute Gasteiger partial charge is 0.408 e. The topological polar surface area (TPSA) is 143 Å². The van der Waals surface area contributed by atoms with Crippen LogP contribution in [-0.4, -0.2) is 66.1 Å². The highest BCUT2D eigenvalue weighted by Gasteiger charge is 2.28. The Morgan fingerprint density at radius 3 is 2.19 bits per heavy atom. The van der Waals surface area contributed by atoms with Gasteiger partial charge >= 0.3 is 12.1 Å². The number of ether oxygens (including phenoxy) is 2. The van der Waals surface area contributed by atoms with E-state index in [0.717, 1.165) is 16.7 Å². The van der Waals surface area contributed by atoms with Gasteiger partial charge in [0.15, 0.2) is 0 Å². The average Bonchev–Trinajstić information content (AvgIpc) is 3.10. The quantitative estimate of drug-likeness (QED) is 0.155. The van der Waals surface area contributed by atoms with E-state index in [-0.39, 0.29) is 50.9 Å². The molecular weight excluding hydrogens is 630 g/mol. The highest BCUT2D eigenvalue weighted by Crippen LogP contribution is 2.17. The molecule has 0 aromatic heterocycles. The van der Waals surface area contributed by atoms with E-state index in [1.54, 1.807) is 23.9 Å². The zero-order valence-electron chi connectivity index (χ0n) is 26.8. The van der Waals surface area contributed by atoms with Crippen LogP contribution in [0.1, 0.15) is 36.0 Å². The fourth-order valence-corrected chi connectivity index (χ4v) is 6.10. The lowest BCUT2D eigenvalue weighted by atomic mass is 9.97. The number of nitrogens with one attached hydrogen (secondary N) is 3. The number of allylic oxidation sites excluding steroid dienone is 1. The number of hydrogen-bond acceptors (Lipinski definition) is 8. The van der Waals surface area contributed by atoms with Crippen LogP contribution >= 0.6 is 11.8 Å². The number of thioether (sulfide) groups is 1. The van der Waals surface area contributed by atoms with Gasteiger partial charge in [0.05, 0.1) is 24.6 Å². The number of carbonyl (C=O) groups excluding carboxylic acids is 4. The van der Waals surface area contributed by atoms with Crippen LogP contribution in [0.5, 0.6) is 0 Å². The number of alkyl carbamates (subject to hydrolysis) is 1. The second-order valence-electron chi connectivity index (χ2n) is 11.6. The average molecular weight is 674 g/mol. The van der Waals surface area contributed by atoms with E-state index in [1.807, 2.05) is 91.0 Å². The Morgan fingerprint density at radius 2 is 1.52 bits per heavy atom. The van der Waals surface area contributed by atoms with Crippen LogP contribution in [0, 0.1) is 5.92 Å². The Balaban J connectivity index is 1.42. The second-order valence-corrected chi connectivity index (χ2v) is 12.6. The molecule has 1 aliphatic rings. The molecule has 3 aromatic rings. The lowest BCUT2D eigenvalue weighted by molar-refractivity contribution is -0.147. The van der Waals surface area contributed by atoms with Gasteiger partial charge < -0.3 is 30.5 Å². The van der Waals surface area contributed by atoms with Gasteiger partial charge in [-0.25, -0.2) is 9.59 Å². The van der Waals surface area contributed by atoms with Crippen molar-refractivity contribution in [3.63, 3.8) is 0 Å². The van der Waals surface area contributed by atoms with Gasteiger partial charge in [0, 0.05) is 17.9 Å². The molecule has 0 fully saturated rings. The number of benzene rings is 3. The van der Waals surface area contributed by atoms with E-state index in [9.17, 15) is 24.3 Å². The van der Waals surface area contributed by atoms with Gasteiger partial charge in [0.2, 0.25) is 11.8 Å². The molecule has 0 bridgehead atoms. The molecule has 10 nitrogen and oxygen atoms in total. The molecule has 48 heavy (non-hydrogen) atoms. The number of carbonyl (C=O) groups is 4. The summed E-state index contributed by atoms with van der Waals surface area (Å²) in [7, 11) is 0. The van der Waals surface area contributed by atoms with Crippen molar-refractivity contribution in [2.75, 3.05) is 19.0 Å². The monoisotopic (exact) mass is 673 g/mol. The summed E-state index contributed by atoms with van der Waals surface area (Å²) in [6.45, 7) is -0.315. The Morgan fingerprint density at radius 1 is 0.896 bits per heavy atom. The summed E-state index contributed by atoms with van der Waals surface area (Å²) in [4.78, 5) is 52.4. The molecule has 1 aliphatic heterocycles. The van der Waals surface area contributed by atoms with E-state index in [1.165, 1.54) is 0 Å². The molecule has 0 aliphatic carbocycles. The third-order valence-electron chi connectivity index (χ3n) is 7.67. The van der Waals surface area contributed by atoms with Crippen LogP contribution < -0.4 is 16.0 Å². The standard InChI is InChI=1S/C37H43N3O7S/c41-22-31(20-27-12-4-1-5-13-27)38-34(42)21-30-18-10-11-19-33(40-37(45)47-23-28-14-6-2-7-15-28)36(44)46-24-32(39-35(30)43)26-48-25-29-16-8-3-9-17-29/h1-17,30-33,41H,18-26H2,(H,38,42)(H,39,43)(H,40,45)/t30-,31-,32-,33-/m1/s1. The maximum atomic E-state index is 13.5. The Bertz CT molecular complexity index is 1470. The SMILES string of the molecule is O=C(C[C@H]1CC=CC[C@@H](NC(=O)OCc2ccccc2)C(=O)OC[C@H](CSCc2ccccc2)NC1=O)N[C@@H](CO)Cc1ccccc1. The minimum atomic E-state index is -1.01. The molecule has 1 heterocycles. The van der Waals surface area contributed by atoms with Crippen molar-refractivity contribution in [2.45, 2.75) is 56.2 Å². The number of cyclic esters (lactones) is 1. The fourth-order valence-electron chi connectivity index (χ4n) is 5.09. The predicted molar refractivity (Wildman–Crippen MR) is 185 cm³/mol. The molecule has 0 unspecified atom stereocenters. The van der Waals surface area contributed by atoms with Crippen molar-refractivity contribution in [3.8, 4) is 0 Å². The van der Waals surface area contributed by atoms with Gasteiger partial charge in [-0.2, -0.15) is 11.8 Å². The largest absolute Gasteiger partial charge is 0.462 e. The molecular formula is C37H43N3O7S. The molecule has 4 N–H and O–H groups in total. The minimum absolute atomic E-state index is 0.0449. The number of rotatable bonds is 13. The highest BCUT2D eigenvalue weighted by atomic mass is 32.2. The molecule has 11 heteroatoms. The molecule has 4 rings (SSSR count). The third kappa shape index (κ3) is 12.9. The van der Waals surface area contributed by atoms with E-state index in [4.69, 9.17) is 9.47 Å². The number of aliphatic hydroxyl groups excluding tert-OH is 1. The summed E-state index contributed by atoms with van der Waals surface area (Å²) in [6.07, 6.45) is 3.34. The normalized spacial score (nSPS) is 19.1. The summed E-state index contributed by atoms with van der Waals surface area (Å²) < 4.78 is 10.9. The van der Waals surface area contributed by atoms with Crippen molar-refractivity contribution in [1.29, 1.82) is 0 Å². The van der Waals surface area contributed by atoms with E-state index in [2.05, 4.69) is 16.0 Å². The van der Waals surface area contributed by atoms with Crippen LogP contribution in [0.25, 0.3) is 0 Å². The van der Waals surface area contributed by atoms with E-state index in [0.29, 0.717) is 17.9 Å². The molecule has 3 amide bonds. The van der Waals surface area contributed by atoms with Crippen molar-refractivity contribution in [1.82, 2.24) is 16.0 Å². The van der Waals surface area contributed by atoms with Gasteiger partial charge in [0.1, 0.15) is 19.3 Å². The summed E-state index contributed by atoms with van der Waals surface area (Å²) in [5.41, 5.74) is 2.90. The lowest BCUT2D eigenvalue weighted by Gasteiger charge is -2.25. The number of esters is 1. The molecule has 0 radical (unpaired) electrons. The number of amides is 3. The molecule has 0 saturated carbocycles. The Labute approximate surface area is 285 Å². The fraction of sp³-hybridized carbons (Fsp3) is 0.351. The van der Waals surface area contributed by atoms with Crippen LogP contribution in [0.15, 0.2) is 103 Å². The summed E-state index contributed by atoms with van der Waals surface area (Å²) in [5.74, 6) is -0.905. The Hall–Kier alpha value is -4.61. The van der Waals surface area contributed by atoms with Crippen molar-refractivity contribution < 1.29 is 33.8 Å². The lowest BCUT2D eigenvalue weighted by Crippen LogP contribution is -2.47. The highest BCUT2D eigenvalue weighted by molar-refractivity contribution is 7.98. The number of aliphatic hydroxyl groups is 1. The molecule has 0 saturated heterocycles. The molecule has 0 spiro atoms. The molecule has 4 atom stereocenters. The van der Waals surface area contributed by atoms with Crippen LogP contribution in [-0.2, 0) is 42.6 Å². The minimum Gasteiger partial charge on any atom is -0.462 e. The van der Waals surface area contributed by atoms with Gasteiger partial charge in [-0.05, 0) is 36.0 Å². The Kier molecular flexibility index (Phi) is 15.0. The first kappa shape index (κ1) is 36.2. The maximum Gasteiger partial charge on any atom is 0.408 e. The van der Waals surface area contributed by atoms with Crippen molar-refractivity contribution in [3.05, 3.63) is 120 Å². The van der Waals surface area contributed by atoms with E-state index < -0.39 is 36.1 Å². The maximum absolute atomic E-state index is 13.5. The van der Waals surface area contributed by atoms with Crippen molar-refractivity contribution in [2.24, 2.45) is 5.92 Å². The first-order valence-corrected chi connectivity index (χ1v) is 17.2. The first-order chi connectivity index (χ1) is 23.4. The number of hydrogen-bond donors (Lipinski definition) is 4. The first-order valence-electron chi connectivity index (χ1n) is 16.0. The predicted octanol–water partition coefficient (Wildman–Crippen LogP) is 4.32. The summed E-state index contributed by atoms with van der Waals surface area (Å²) >= 11 is 1.58. The van der Waals surface area contributed by atoms with Crippen molar-refractivity contribution >= 4 is 35.6 Å². The van der Waals surface area contributed by atoms with Gasteiger partial charge in [0.25, 0.3) is 0 Å². The van der Waals surface area contributed by atoms with Crippen LogP contribution in [0.2, 0.25) is 0 Å². The van der Waals surface area contributed by atoms with E-state index >= 15 is 0 Å².